The van der Waals surface area contributed by atoms with Gasteiger partial charge < -0.3 is 10.6 Å². The number of hydrogen-bond donors (Lipinski definition) is 2. The molecule has 1 aliphatic heterocycles. The molecule has 1 amide bonds. The van der Waals surface area contributed by atoms with Gasteiger partial charge in [-0.15, -0.1) is 23.7 Å². The zero-order valence-electron chi connectivity index (χ0n) is 15.7. The van der Waals surface area contributed by atoms with Gasteiger partial charge in [0, 0.05) is 30.9 Å². The molecule has 0 aromatic carbocycles. The molecular weight excluding hydrogens is 394 g/mol. The molecule has 0 saturated carbocycles. The van der Waals surface area contributed by atoms with Crippen LogP contribution in [-0.2, 0) is 21.2 Å². The van der Waals surface area contributed by atoms with Crippen LogP contribution >= 0.6 is 23.7 Å². The van der Waals surface area contributed by atoms with Crippen LogP contribution in [0.15, 0.2) is 16.3 Å². The molecule has 0 aliphatic carbocycles. The molecule has 2 N–H and O–H groups in total. The molecule has 6 nitrogen and oxygen atoms in total. The summed E-state index contributed by atoms with van der Waals surface area (Å²) in [5, 5.41) is 6.14. The Hall–Kier alpha value is -0.670. The maximum absolute atomic E-state index is 12.8. The Morgan fingerprint density at radius 3 is 2.62 bits per heavy atom. The Kier molecular flexibility index (Phi) is 9.54. The monoisotopic (exact) mass is 423 g/mol. The minimum absolute atomic E-state index is 0. The lowest BCUT2D eigenvalue weighted by atomic mass is 10.1. The average Bonchev–Trinajstić information content (AvgIpc) is 3.04. The number of halogens is 1. The summed E-state index contributed by atoms with van der Waals surface area (Å²) in [6.45, 7) is 6.27. The lowest BCUT2D eigenvalue weighted by Crippen LogP contribution is -2.43. The highest BCUT2D eigenvalue weighted by molar-refractivity contribution is 7.91. The number of carbonyl (C=O) groups excluding carboxylic acids is 1. The number of piperidine rings is 1. The Balaban J connectivity index is 0.00000338. The molecule has 1 saturated heterocycles. The molecule has 0 radical (unpaired) electrons. The van der Waals surface area contributed by atoms with Crippen LogP contribution in [0.4, 0.5) is 0 Å². The van der Waals surface area contributed by atoms with Crippen molar-refractivity contribution in [1.82, 2.24) is 14.9 Å². The van der Waals surface area contributed by atoms with Crippen LogP contribution in [0.5, 0.6) is 0 Å². The number of rotatable bonds is 8. The highest BCUT2D eigenvalue weighted by Crippen LogP contribution is 2.27. The van der Waals surface area contributed by atoms with Crippen molar-refractivity contribution in [3.05, 3.63) is 17.0 Å². The van der Waals surface area contributed by atoms with E-state index in [0.29, 0.717) is 29.5 Å². The lowest BCUT2D eigenvalue weighted by Gasteiger charge is -2.30. The third kappa shape index (κ3) is 6.49. The predicted octanol–water partition coefficient (Wildman–Crippen LogP) is 2.25. The van der Waals surface area contributed by atoms with Crippen LogP contribution in [0, 0.1) is 5.92 Å². The van der Waals surface area contributed by atoms with Crippen molar-refractivity contribution in [1.29, 1.82) is 0 Å². The van der Waals surface area contributed by atoms with Gasteiger partial charge in [0.2, 0.25) is 5.91 Å². The first-order valence-corrected chi connectivity index (χ1v) is 11.1. The standard InChI is InChI=1S/C17H29N3O3S2.ClH/c1-13(2)12-16(21)19-11-8-15-4-5-17(24-15)25(22,23)20(3)14-6-9-18-10-7-14;/h4-5,13-14,18H,6-12H2,1-3H3,(H,19,21);1H. The summed E-state index contributed by atoms with van der Waals surface area (Å²) in [4.78, 5) is 12.6. The van der Waals surface area contributed by atoms with Crippen LogP contribution in [0.25, 0.3) is 0 Å². The van der Waals surface area contributed by atoms with Gasteiger partial charge in [0.05, 0.1) is 0 Å². The number of amides is 1. The summed E-state index contributed by atoms with van der Waals surface area (Å²) < 4.78 is 27.5. The molecular formula is C17H30ClN3O3S2. The largest absolute Gasteiger partial charge is 0.356 e. The number of hydrogen-bond acceptors (Lipinski definition) is 5. The summed E-state index contributed by atoms with van der Waals surface area (Å²) in [6, 6.07) is 3.60. The second-order valence-electron chi connectivity index (χ2n) is 6.92. The number of nitrogens with one attached hydrogen (secondary N) is 2. The fourth-order valence-corrected chi connectivity index (χ4v) is 5.86. The van der Waals surface area contributed by atoms with Crippen molar-refractivity contribution >= 4 is 39.7 Å². The van der Waals surface area contributed by atoms with Gasteiger partial charge in [0.25, 0.3) is 10.0 Å². The van der Waals surface area contributed by atoms with Gasteiger partial charge in [-0.05, 0) is 50.4 Å². The van der Waals surface area contributed by atoms with Gasteiger partial charge in [-0.3, -0.25) is 4.79 Å². The molecule has 1 aromatic rings. The Morgan fingerprint density at radius 1 is 1.35 bits per heavy atom. The molecule has 0 atom stereocenters. The van der Waals surface area contributed by atoms with E-state index in [1.54, 1.807) is 13.1 Å². The maximum Gasteiger partial charge on any atom is 0.252 e. The van der Waals surface area contributed by atoms with E-state index in [4.69, 9.17) is 0 Å². The van der Waals surface area contributed by atoms with Gasteiger partial charge in [-0.1, -0.05) is 13.8 Å². The number of nitrogens with zero attached hydrogens (tertiary/aromatic N) is 1. The van der Waals surface area contributed by atoms with Crippen molar-refractivity contribution in [2.45, 2.75) is 49.8 Å². The molecule has 9 heteroatoms. The van der Waals surface area contributed by atoms with E-state index >= 15 is 0 Å². The summed E-state index contributed by atoms with van der Waals surface area (Å²) in [5.41, 5.74) is 0. The summed E-state index contributed by atoms with van der Waals surface area (Å²) in [5.74, 6) is 0.383. The van der Waals surface area contributed by atoms with Crippen LogP contribution in [0.1, 0.15) is 38.0 Å². The molecule has 2 heterocycles. The number of carbonyl (C=O) groups is 1. The molecule has 2 rings (SSSR count). The van der Waals surface area contributed by atoms with Crippen molar-refractivity contribution in [3.8, 4) is 0 Å². The molecule has 1 aromatic heterocycles. The van der Waals surface area contributed by atoms with Gasteiger partial charge in [-0.25, -0.2) is 8.42 Å². The second-order valence-corrected chi connectivity index (χ2v) is 10.3. The molecule has 0 spiro atoms. The third-order valence-corrected chi connectivity index (χ3v) is 7.90. The second kappa shape index (κ2) is 10.6. The normalized spacial score (nSPS) is 15.9. The minimum atomic E-state index is -3.44. The molecule has 26 heavy (non-hydrogen) atoms. The Bertz CT molecular complexity index is 671. The molecule has 0 bridgehead atoms. The topological polar surface area (TPSA) is 78.5 Å². The van der Waals surface area contributed by atoms with Crippen molar-refractivity contribution in [2.75, 3.05) is 26.7 Å². The SMILES string of the molecule is CC(C)CC(=O)NCCc1ccc(S(=O)(=O)N(C)C2CCNCC2)s1.Cl. The van der Waals surface area contributed by atoms with E-state index in [1.807, 2.05) is 19.9 Å². The minimum Gasteiger partial charge on any atom is -0.356 e. The third-order valence-electron chi connectivity index (χ3n) is 4.38. The first-order valence-electron chi connectivity index (χ1n) is 8.85. The zero-order valence-corrected chi connectivity index (χ0v) is 18.1. The van der Waals surface area contributed by atoms with Crippen molar-refractivity contribution < 1.29 is 13.2 Å². The van der Waals surface area contributed by atoms with Gasteiger partial charge >= 0.3 is 0 Å². The van der Waals surface area contributed by atoms with Crippen LogP contribution < -0.4 is 10.6 Å². The van der Waals surface area contributed by atoms with E-state index in [9.17, 15) is 13.2 Å². The summed E-state index contributed by atoms with van der Waals surface area (Å²) >= 11 is 1.30. The first-order chi connectivity index (χ1) is 11.8. The van der Waals surface area contributed by atoms with Crippen LogP contribution in [0.2, 0.25) is 0 Å². The molecule has 0 unspecified atom stereocenters. The Morgan fingerprint density at radius 2 is 2.00 bits per heavy atom. The van der Waals surface area contributed by atoms with E-state index in [0.717, 1.165) is 30.8 Å². The van der Waals surface area contributed by atoms with E-state index < -0.39 is 10.0 Å². The smallest absolute Gasteiger partial charge is 0.252 e. The molecule has 150 valence electrons. The zero-order chi connectivity index (χ0) is 18.4. The van der Waals surface area contributed by atoms with Gasteiger partial charge in [0.15, 0.2) is 0 Å². The number of sulfonamides is 1. The predicted molar refractivity (Wildman–Crippen MR) is 109 cm³/mol. The van der Waals surface area contributed by atoms with E-state index in [1.165, 1.54) is 15.6 Å². The highest BCUT2D eigenvalue weighted by Gasteiger charge is 2.30. The average molecular weight is 424 g/mol. The van der Waals surface area contributed by atoms with Crippen molar-refractivity contribution in [2.24, 2.45) is 5.92 Å². The quantitative estimate of drug-likeness (QED) is 0.672. The Labute approximate surface area is 167 Å². The fourth-order valence-electron chi connectivity index (χ4n) is 2.91. The van der Waals surface area contributed by atoms with Crippen LogP contribution in [0.3, 0.4) is 0 Å². The van der Waals surface area contributed by atoms with E-state index in [2.05, 4.69) is 10.6 Å². The highest BCUT2D eigenvalue weighted by atomic mass is 35.5. The van der Waals surface area contributed by atoms with Crippen LogP contribution in [-0.4, -0.2) is 51.4 Å². The lowest BCUT2D eigenvalue weighted by molar-refractivity contribution is -0.121. The first kappa shape index (κ1) is 23.4. The maximum atomic E-state index is 12.8. The van der Waals surface area contributed by atoms with Gasteiger partial charge in [0.1, 0.15) is 4.21 Å². The van der Waals surface area contributed by atoms with Gasteiger partial charge in [-0.2, -0.15) is 4.31 Å². The van der Waals surface area contributed by atoms with Crippen molar-refractivity contribution in [3.63, 3.8) is 0 Å². The number of thiophene rings is 1. The van der Waals surface area contributed by atoms with E-state index in [-0.39, 0.29) is 24.4 Å². The molecule has 1 fully saturated rings. The summed E-state index contributed by atoms with van der Waals surface area (Å²) in [6.07, 6.45) is 2.86. The fraction of sp³-hybridized carbons (Fsp3) is 0.706. The molecule has 1 aliphatic rings. The summed E-state index contributed by atoms with van der Waals surface area (Å²) in [7, 11) is -1.76.